The molecule has 144 valence electrons. The molecule has 3 heterocycles. The van der Waals surface area contributed by atoms with Gasteiger partial charge in [-0.2, -0.15) is 4.31 Å². The molecule has 1 unspecified atom stereocenters. The fraction of sp³-hybridized carbons (Fsp3) is 0.421. The summed E-state index contributed by atoms with van der Waals surface area (Å²) in [6.07, 6.45) is 5.25. The van der Waals surface area contributed by atoms with E-state index in [0.29, 0.717) is 38.3 Å². The van der Waals surface area contributed by atoms with E-state index >= 15 is 0 Å². The van der Waals surface area contributed by atoms with Gasteiger partial charge in [-0.05, 0) is 49.2 Å². The zero-order chi connectivity index (χ0) is 18.9. The van der Waals surface area contributed by atoms with Crippen LogP contribution in [0.4, 0.5) is 4.39 Å². The van der Waals surface area contributed by atoms with Crippen molar-refractivity contribution in [1.82, 2.24) is 9.29 Å². The number of ether oxygens (including phenoxy) is 2. The Morgan fingerprint density at radius 2 is 1.93 bits per heavy atom. The Kier molecular flexibility index (Phi) is 4.88. The minimum Gasteiger partial charge on any atom is -0.486 e. The molecule has 27 heavy (non-hydrogen) atoms. The highest BCUT2D eigenvalue weighted by Crippen LogP contribution is 2.38. The minimum absolute atomic E-state index is 0.0607. The van der Waals surface area contributed by atoms with Gasteiger partial charge in [-0.15, -0.1) is 0 Å². The average molecular weight is 392 g/mol. The van der Waals surface area contributed by atoms with Crippen LogP contribution >= 0.6 is 0 Å². The molecule has 0 saturated carbocycles. The summed E-state index contributed by atoms with van der Waals surface area (Å²) < 4.78 is 51.9. The number of rotatable bonds is 4. The third kappa shape index (κ3) is 3.83. The van der Waals surface area contributed by atoms with E-state index in [0.717, 1.165) is 6.42 Å². The van der Waals surface area contributed by atoms with Crippen LogP contribution in [-0.2, 0) is 14.8 Å². The van der Waals surface area contributed by atoms with Gasteiger partial charge in [-0.1, -0.05) is 0 Å². The number of benzene rings is 1. The number of halogens is 1. The second kappa shape index (κ2) is 7.18. The minimum atomic E-state index is -3.62. The van der Waals surface area contributed by atoms with Crippen LogP contribution < -0.4 is 4.74 Å². The third-order valence-electron chi connectivity index (χ3n) is 5.20. The molecule has 6 nitrogen and oxygen atoms in total. The molecule has 2 saturated heterocycles. The Bertz CT molecular complexity index is 882. The lowest BCUT2D eigenvalue weighted by atomic mass is 9.89. The fourth-order valence-corrected chi connectivity index (χ4v) is 5.17. The number of aromatic nitrogens is 1. The molecule has 4 rings (SSSR count). The molecule has 1 atom stereocenters. The summed E-state index contributed by atoms with van der Waals surface area (Å²) in [7, 11) is -3.62. The molecular formula is C19H21FN2O4S. The molecule has 2 aliphatic heterocycles. The van der Waals surface area contributed by atoms with Crippen molar-refractivity contribution in [3.8, 4) is 5.75 Å². The van der Waals surface area contributed by atoms with Gasteiger partial charge >= 0.3 is 0 Å². The predicted molar refractivity (Wildman–Crippen MR) is 96.3 cm³/mol. The molecule has 0 amide bonds. The second-order valence-electron chi connectivity index (χ2n) is 6.98. The quantitative estimate of drug-likeness (QED) is 0.800. The molecule has 0 N–H and O–H groups in total. The standard InChI is InChI=1S/C19H21FN2O4S/c20-15-3-5-18(6-4-15)27(23,24)22-10-7-19(8-11-22)12-17(14-25-19)26-16-2-1-9-21-13-16/h1-6,9,13,17H,7-8,10-12,14H2. The first kappa shape index (κ1) is 18.3. The predicted octanol–water partition coefficient (Wildman–Crippen LogP) is 2.61. The summed E-state index contributed by atoms with van der Waals surface area (Å²) in [6.45, 7) is 1.23. The van der Waals surface area contributed by atoms with E-state index in [1.54, 1.807) is 12.4 Å². The van der Waals surface area contributed by atoms with E-state index in [1.165, 1.54) is 28.6 Å². The van der Waals surface area contributed by atoms with Gasteiger partial charge in [0.1, 0.15) is 17.7 Å². The van der Waals surface area contributed by atoms with Crippen molar-refractivity contribution in [3.05, 3.63) is 54.6 Å². The molecule has 0 radical (unpaired) electrons. The van der Waals surface area contributed by atoms with Crippen molar-refractivity contribution in [2.24, 2.45) is 0 Å². The SMILES string of the molecule is O=S(=O)(c1ccc(F)cc1)N1CCC2(CC1)CC(Oc1cccnc1)CO2. The molecule has 2 aliphatic rings. The maximum absolute atomic E-state index is 13.1. The average Bonchev–Trinajstić information content (AvgIpc) is 3.05. The number of nitrogens with zero attached hydrogens (tertiary/aromatic N) is 2. The number of sulfonamides is 1. The van der Waals surface area contributed by atoms with E-state index in [9.17, 15) is 12.8 Å². The fourth-order valence-electron chi connectivity index (χ4n) is 3.73. The molecule has 1 spiro atoms. The van der Waals surface area contributed by atoms with Crippen molar-refractivity contribution < 1.29 is 22.3 Å². The highest BCUT2D eigenvalue weighted by molar-refractivity contribution is 7.89. The van der Waals surface area contributed by atoms with Gasteiger partial charge < -0.3 is 9.47 Å². The molecule has 0 aliphatic carbocycles. The Morgan fingerprint density at radius 3 is 2.59 bits per heavy atom. The highest BCUT2D eigenvalue weighted by Gasteiger charge is 2.45. The Morgan fingerprint density at radius 1 is 1.19 bits per heavy atom. The molecule has 2 aromatic rings. The van der Waals surface area contributed by atoms with Gasteiger partial charge in [0.05, 0.1) is 23.3 Å². The van der Waals surface area contributed by atoms with E-state index in [-0.39, 0.29) is 16.6 Å². The summed E-state index contributed by atoms with van der Waals surface area (Å²) in [5, 5.41) is 0. The van der Waals surface area contributed by atoms with Crippen LogP contribution in [-0.4, -0.2) is 49.1 Å². The van der Waals surface area contributed by atoms with Crippen LogP contribution in [0, 0.1) is 5.82 Å². The largest absolute Gasteiger partial charge is 0.486 e. The van der Waals surface area contributed by atoms with Crippen molar-refractivity contribution in [2.75, 3.05) is 19.7 Å². The summed E-state index contributed by atoms with van der Waals surface area (Å²) in [4.78, 5) is 4.16. The first-order valence-electron chi connectivity index (χ1n) is 8.93. The van der Waals surface area contributed by atoms with Gasteiger partial charge in [0.15, 0.2) is 0 Å². The van der Waals surface area contributed by atoms with E-state index in [1.807, 2.05) is 12.1 Å². The second-order valence-corrected chi connectivity index (χ2v) is 8.92. The number of pyridine rings is 1. The first-order chi connectivity index (χ1) is 13.0. The zero-order valence-corrected chi connectivity index (χ0v) is 15.6. The third-order valence-corrected chi connectivity index (χ3v) is 7.11. The molecular weight excluding hydrogens is 371 g/mol. The van der Waals surface area contributed by atoms with Gasteiger partial charge in [-0.25, -0.2) is 12.8 Å². The summed E-state index contributed by atoms with van der Waals surface area (Å²) in [5.74, 6) is 0.255. The van der Waals surface area contributed by atoms with Crippen molar-refractivity contribution in [3.63, 3.8) is 0 Å². The van der Waals surface area contributed by atoms with Crippen molar-refractivity contribution in [1.29, 1.82) is 0 Å². The lowest BCUT2D eigenvalue weighted by molar-refractivity contribution is -0.0320. The van der Waals surface area contributed by atoms with Crippen LogP contribution in [0.5, 0.6) is 5.75 Å². The smallest absolute Gasteiger partial charge is 0.243 e. The van der Waals surface area contributed by atoms with Crippen LogP contribution in [0.2, 0.25) is 0 Å². The van der Waals surface area contributed by atoms with E-state index < -0.39 is 15.8 Å². The lowest BCUT2D eigenvalue weighted by Gasteiger charge is -2.37. The Balaban J connectivity index is 1.38. The molecule has 8 heteroatoms. The van der Waals surface area contributed by atoms with Gasteiger partial charge in [-0.3, -0.25) is 4.98 Å². The van der Waals surface area contributed by atoms with Crippen molar-refractivity contribution >= 4 is 10.0 Å². The maximum atomic E-state index is 13.1. The number of hydrogen-bond donors (Lipinski definition) is 0. The van der Waals surface area contributed by atoms with Crippen LogP contribution in [0.1, 0.15) is 19.3 Å². The lowest BCUT2D eigenvalue weighted by Crippen LogP contribution is -2.46. The van der Waals surface area contributed by atoms with E-state index in [2.05, 4.69) is 4.98 Å². The molecule has 0 bridgehead atoms. The summed E-state index contributed by atoms with van der Waals surface area (Å²) in [5.41, 5.74) is -0.346. The van der Waals surface area contributed by atoms with Gasteiger partial charge in [0.25, 0.3) is 0 Å². The van der Waals surface area contributed by atoms with Crippen molar-refractivity contribution in [2.45, 2.75) is 35.9 Å². The van der Waals surface area contributed by atoms with Crippen LogP contribution in [0.3, 0.4) is 0 Å². The highest BCUT2D eigenvalue weighted by atomic mass is 32.2. The van der Waals surface area contributed by atoms with E-state index in [4.69, 9.17) is 9.47 Å². The Hall–Kier alpha value is -2.03. The summed E-state index contributed by atoms with van der Waals surface area (Å²) in [6, 6.07) is 8.62. The van der Waals surface area contributed by atoms with Crippen LogP contribution in [0.15, 0.2) is 53.7 Å². The first-order valence-corrected chi connectivity index (χ1v) is 10.4. The topological polar surface area (TPSA) is 68.7 Å². The molecule has 1 aromatic heterocycles. The van der Waals surface area contributed by atoms with Gasteiger partial charge in [0, 0.05) is 25.7 Å². The summed E-state index contributed by atoms with van der Waals surface area (Å²) >= 11 is 0. The Labute approximate surface area is 158 Å². The number of piperidine rings is 1. The van der Waals surface area contributed by atoms with Gasteiger partial charge in [0.2, 0.25) is 10.0 Å². The molecule has 1 aromatic carbocycles. The zero-order valence-electron chi connectivity index (χ0n) is 14.8. The normalized spacial score (nSPS) is 22.8. The van der Waals surface area contributed by atoms with Crippen LogP contribution in [0.25, 0.3) is 0 Å². The molecule has 2 fully saturated rings. The monoisotopic (exact) mass is 392 g/mol. The maximum Gasteiger partial charge on any atom is 0.243 e. The number of hydrogen-bond acceptors (Lipinski definition) is 5.